The van der Waals surface area contributed by atoms with Crippen LogP contribution in [0.5, 0.6) is 0 Å². The molecular weight excluding hydrogens is 514 g/mol. The number of benzene rings is 3. The number of halogens is 2. The van der Waals surface area contributed by atoms with Gasteiger partial charge in [0.1, 0.15) is 6.54 Å². The Morgan fingerprint density at radius 1 is 1.06 bits per heavy atom. The zero-order valence-electron chi connectivity index (χ0n) is 17.4. The molecule has 0 aliphatic carbocycles. The van der Waals surface area contributed by atoms with Crippen molar-refractivity contribution in [3.8, 4) is 0 Å². The van der Waals surface area contributed by atoms with Crippen LogP contribution in [-0.4, -0.2) is 26.6 Å². The van der Waals surface area contributed by atoms with Gasteiger partial charge in [-0.3, -0.25) is 9.10 Å². The van der Waals surface area contributed by atoms with Crippen LogP contribution in [0.2, 0.25) is 5.02 Å². The van der Waals surface area contributed by atoms with Crippen LogP contribution < -0.4 is 9.73 Å². The zero-order valence-corrected chi connectivity index (χ0v) is 20.6. The van der Waals surface area contributed by atoms with Crippen molar-refractivity contribution in [1.29, 1.82) is 0 Å². The second-order valence-electron chi connectivity index (χ2n) is 7.04. The van der Waals surface area contributed by atoms with E-state index in [4.69, 9.17) is 11.6 Å². The van der Waals surface area contributed by atoms with E-state index in [9.17, 15) is 13.2 Å². The maximum absolute atomic E-state index is 13.4. The van der Waals surface area contributed by atoms with E-state index in [1.165, 1.54) is 12.1 Å². The van der Waals surface area contributed by atoms with Gasteiger partial charge >= 0.3 is 0 Å². The number of rotatable bonds is 7. The Morgan fingerprint density at radius 2 is 1.72 bits per heavy atom. The number of amides is 1. The number of nitrogens with one attached hydrogen (secondary N) is 1. The molecular formula is C23H21BrClN3O3S. The lowest BCUT2D eigenvalue weighted by molar-refractivity contribution is -0.119. The standard InChI is InChI=1S/C23H21BrClN3O3S/c1-16-6-12-22(13-7-16)32(30,31)28(21-5-3-4-19(24)14-21)15-23(29)27-26-17(2)18-8-10-20(25)11-9-18/h3-14H,15H2,1-2H3,(H,27,29)/b26-17-. The van der Waals surface area contributed by atoms with Crippen molar-refractivity contribution >= 4 is 54.9 Å². The number of aryl methyl sites for hydroxylation is 1. The fourth-order valence-corrected chi connectivity index (χ4v) is 4.78. The van der Waals surface area contributed by atoms with Gasteiger partial charge in [-0.2, -0.15) is 5.10 Å². The minimum atomic E-state index is -3.99. The van der Waals surface area contributed by atoms with Crippen molar-refractivity contribution < 1.29 is 13.2 Å². The van der Waals surface area contributed by atoms with Crippen molar-refractivity contribution in [2.45, 2.75) is 18.7 Å². The number of anilines is 1. The van der Waals surface area contributed by atoms with Crippen LogP contribution in [0.15, 0.2) is 87.3 Å². The molecule has 1 amide bonds. The summed E-state index contributed by atoms with van der Waals surface area (Å²) in [6.07, 6.45) is 0. The van der Waals surface area contributed by atoms with Gasteiger partial charge in [0, 0.05) is 9.50 Å². The molecule has 9 heteroatoms. The van der Waals surface area contributed by atoms with E-state index < -0.39 is 22.5 Å². The Labute approximate surface area is 201 Å². The number of nitrogens with zero attached hydrogens (tertiary/aromatic N) is 2. The first-order valence-corrected chi connectivity index (χ1v) is 12.2. The molecule has 0 radical (unpaired) electrons. The van der Waals surface area contributed by atoms with Crippen molar-refractivity contribution in [2.24, 2.45) is 5.10 Å². The van der Waals surface area contributed by atoms with Crippen LogP contribution in [0, 0.1) is 6.92 Å². The largest absolute Gasteiger partial charge is 0.271 e. The molecule has 0 saturated heterocycles. The minimum Gasteiger partial charge on any atom is -0.271 e. The Balaban J connectivity index is 1.87. The highest BCUT2D eigenvalue weighted by atomic mass is 79.9. The fraction of sp³-hybridized carbons (Fsp3) is 0.130. The summed E-state index contributed by atoms with van der Waals surface area (Å²) in [7, 11) is -3.99. The first-order chi connectivity index (χ1) is 15.2. The summed E-state index contributed by atoms with van der Waals surface area (Å²) >= 11 is 9.25. The van der Waals surface area contributed by atoms with Gasteiger partial charge in [0.15, 0.2) is 0 Å². The summed E-state index contributed by atoms with van der Waals surface area (Å²) < 4.78 is 28.5. The van der Waals surface area contributed by atoms with Gasteiger partial charge in [-0.1, -0.05) is 63.4 Å². The highest BCUT2D eigenvalue weighted by Crippen LogP contribution is 2.26. The van der Waals surface area contributed by atoms with Crippen LogP contribution >= 0.6 is 27.5 Å². The predicted octanol–water partition coefficient (Wildman–Crippen LogP) is 5.15. The molecule has 0 heterocycles. The fourth-order valence-electron chi connectivity index (χ4n) is 2.85. The van der Waals surface area contributed by atoms with E-state index >= 15 is 0 Å². The normalized spacial score (nSPS) is 11.8. The zero-order chi connectivity index (χ0) is 23.3. The van der Waals surface area contributed by atoms with E-state index in [0.29, 0.717) is 20.9 Å². The number of carbonyl (C=O) groups excluding carboxylic acids is 1. The first-order valence-electron chi connectivity index (χ1n) is 9.61. The quantitative estimate of drug-likeness (QED) is 0.336. The first kappa shape index (κ1) is 24.0. The second kappa shape index (κ2) is 10.3. The number of hydrogen-bond acceptors (Lipinski definition) is 4. The monoisotopic (exact) mass is 533 g/mol. The molecule has 32 heavy (non-hydrogen) atoms. The molecule has 3 aromatic carbocycles. The number of hydrazone groups is 1. The van der Waals surface area contributed by atoms with E-state index in [1.807, 2.05) is 6.92 Å². The molecule has 6 nitrogen and oxygen atoms in total. The topological polar surface area (TPSA) is 78.8 Å². The molecule has 0 bridgehead atoms. The third-order valence-electron chi connectivity index (χ3n) is 4.60. The van der Waals surface area contributed by atoms with Crippen LogP contribution in [0.25, 0.3) is 0 Å². The van der Waals surface area contributed by atoms with Crippen LogP contribution in [0.4, 0.5) is 5.69 Å². The molecule has 0 aromatic heterocycles. The van der Waals surface area contributed by atoms with Crippen LogP contribution in [0.1, 0.15) is 18.1 Å². The molecule has 0 fully saturated rings. The molecule has 166 valence electrons. The SMILES string of the molecule is C/C(=N/NC(=O)CN(c1cccc(Br)c1)S(=O)(=O)c1ccc(C)cc1)c1ccc(Cl)cc1. The summed E-state index contributed by atoms with van der Waals surface area (Å²) in [6, 6.07) is 20.2. The van der Waals surface area contributed by atoms with Crippen molar-refractivity contribution in [3.05, 3.63) is 93.4 Å². The smallest absolute Gasteiger partial charge is 0.264 e. The maximum atomic E-state index is 13.4. The maximum Gasteiger partial charge on any atom is 0.264 e. The average molecular weight is 535 g/mol. The molecule has 0 aliphatic heterocycles. The summed E-state index contributed by atoms with van der Waals surface area (Å²) in [5, 5.41) is 4.69. The minimum absolute atomic E-state index is 0.0942. The Morgan fingerprint density at radius 3 is 2.34 bits per heavy atom. The predicted molar refractivity (Wildman–Crippen MR) is 132 cm³/mol. The van der Waals surface area contributed by atoms with Gasteiger partial charge in [0.25, 0.3) is 15.9 Å². The Hall–Kier alpha value is -2.68. The van der Waals surface area contributed by atoms with Gasteiger partial charge in [-0.05, 0) is 61.9 Å². The molecule has 3 aromatic rings. The molecule has 0 aliphatic rings. The van der Waals surface area contributed by atoms with Gasteiger partial charge in [0.05, 0.1) is 16.3 Å². The van der Waals surface area contributed by atoms with Gasteiger partial charge in [-0.25, -0.2) is 13.8 Å². The molecule has 1 N–H and O–H groups in total. The summed E-state index contributed by atoms with van der Waals surface area (Å²) in [5.74, 6) is -0.575. The van der Waals surface area contributed by atoms with Crippen molar-refractivity contribution in [3.63, 3.8) is 0 Å². The molecule has 0 saturated carbocycles. The van der Waals surface area contributed by atoms with Gasteiger partial charge < -0.3 is 0 Å². The van der Waals surface area contributed by atoms with Crippen molar-refractivity contribution in [2.75, 3.05) is 10.8 Å². The van der Waals surface area contributed by atoms with E-state index in [1.54, 1.807) is 67.6 Å². The highest BCUT2D eigenvalue weighted by Gasteiger charge is 2.27. The van der Waals surface area contributed by atoms with E-state index in [2.05, 4.69) is 26.5 Å². The van der Waals surface area contributed by atoms with Crippen LogP contribution in [0.3, 0.4) is 0 Å². The van der Waals surface area contributed by atoms with Gasteiger partial charge in [0.2, 0.25) is 0 Å². The third kappa shape index (κ3) is 5.97. The van der Waals surface area contributed by atoms with Crippen LogP contribution in [-0.2, 0) is 14.8 Å². The number of sulfonamides is 1. The van der Waals surface area contributed by atoms with E-state index in [0.717, 1.165) is 15.4 Å². The highest BCUT2D eigenvalue weighted by molar-refractivity contribution is 9.10. The molecule has 0 unspecified atom stereocenters. The third-order valence-corrected chi connectivity index (χ3v) is 7.14. The Kier molecular flexibility index (Phi) is 7.71. The number of hydrogen-bond donors (Lipinski definition) is 1. The van der Waals surface area contributed by atoms with Crippen molar-refractivity contribution in [1.82, 2.24) is 5.43 Å². The molecule has 0 spiro atoms. The molecule has 0 atom stereocenters. The van der Waals surface area contributed by atoms with E-state index in [-0.39, 0.29) is 4.90 Å². The molecule has 3 rings (SSSR count). The lowest BCUT2D eigenvalue weighted by Crippen LogP contribution is -2.39. The lowest BCUT2D eigenvalue weighted by Gasteiger charge is -2.24. The average Bonchev–Trinajstić information content (AvgIpc) is 2.76. The van der Waals surface area contributed by atoms with Gasteiger partial charge in [-0.15, -0.1) is 0 Å². The summed E-state index contributed by atoms with van der Waals surface area (Å²) in [4.78, 5) is 12.8. The second-order valence-corrected chi connectivity index (χ2v) is 10.3. The summed E-state index contributed by atoms with van der Waals surface area (Å²) in [5.41, 5.74) is 5.07. The summed E-state index contributed by atoms with van der Waals surface area (Å²) in [6.45, 7) is 3.17. The Bertz CT molecular complexity index is 1240. The number of carbonyl (C=O) groups is 1. The lowest BCUT2D eigenvalue weighted by atomic mass is 10.1.